The van der Waals surface area contributed by atoms with Crippen LogP contribution in [0.15, 0.2) is 60.7 Å². The number of cyclic esters (lactones) is 1. The maximum Gasteiger partial charge on any atom is 0.309 e. The average molecular weight is 1100 g/mol. The molecule has 3 heterocycles. The Balaban J connectivity index is 2.00. The molecule has 19 heteroatoms. The third-order valence-corrected chi connectivity index (χ3v) is 19.8. The van der Waals surface area contributed by atoms with Crippen LogP contribution in [0.25, 0.3) is 6.08 Å². The molecular weight excluding hydrogens is 1010 g/mol. The van der Waals surface area contributed by atoms with Gasteiger partial charge >= 0.3 is 23.9 Å². The molecule has 3 aliphatic rings. The van der Waals surface area contributed by atoms with Gasteiger partial charge in [0, 0.05) is 52.7 Å². The van der Waals surface area contributed by atoms with Gasteiger partial charge in [0.15, 0.2) is 33.1 Å². The molecule has 77 heavy (non-hydrogen) atoms. The molecule has 0 aromatic heterocycles. The number of hydrogen-bond donors (Lipinski definition) is 2. The summed E-state index contributed by atoms with van der Waals surface area (Å²) < 4.78 is 72.3. The van der Waals surface area contributed by atoms with Gasteiger partial charge in [-0.15, -0.1) is 0 Å². The van der Waals surface area contributed by atoms with Gasteiger partial charge in [-0.3, -0.25) is 19.2 Å². The summed E-state index contributed by atoms with van der Waals surface area (Å²) in [7, 11) is 2.70. The van der Waals surface area contributed by atoms with E-state index in [1.165, 1.54) is 14.0 Å². The molecule has 2 fully saturated rings. The second-order valence-corrected chi connectivity index (χ2v) is 26.0. The minimum absolute atomic E-state index is 0.00776. The number of ether oxygens (including phenoxy) is 10. The molecule has 2 saturated heterocycles. The van der Waals surface area contributed by atoms with E-state index in [1.54, 1.807) is 55.6 Å². The second-order valence-electron chi connectivity index (χ2n) is 21.3. The largest absolute Gasteiger partial charge is 0.462 e. The van der Waals surface area contributed by atoms with Crippen molar-refractivity contribution in [1.29, 1.82) is 0 Å². The lowest BCUT2D eigenvalue weighted by atomic mass is 9.78. The van der Waals surface area contributed by atoms with Crippen LogP contribution in [0, 0.1) is 5.92 Å². The average Bonchev–Trinajstić information content (AvgIpc) is 3.38. The van der Waals surface area contributed by atoms with E-state index >= 15 is 0 Å². The topological polar surface area (TPSA) is 214 Å². The van der Waals surface area contributed by atoms with Gasteiger partial charge in [-0.25, -0.2) is 0 Å². The van der Waals surface area contributed by atoms with Crippen molar-refractivity contribution in [3.05, 3.63) is 66.3 Å². The molecule has 0 aliphatic carbocycles. The van der Waals surface area contributed by atoms with E-state index in [4.69, 9.17) is 51.8 Å². The Morgan fingerprint density at radius 1 is 0.844 bits per heavy atom. The molecule has 0 bridgehead atoms. The zero-order chi connectivity index (χ0) is 57.1. The first kappa shape index (κ1) is 65.7. The fourth-order valence-electron chi connectivity index (χ4n) is 10.8. The van der Waals surface area contributed by atoms with E-state index in [0.29, 0.717) is 6.42 Å². The van der Waals surface area contributed by atoms with Gasteiger partial charge in [-0.1, -0.05) is 108 Å². The van der Waals surface area contributed by atoms with Gasteiger partial charge < -0.3 is 66.9 Å². The van der Waals surface area contributed by atoms with Crippen LogP contribution in [0.5, 0.6) is 0 Å². The molecule has 3 aliphatic heterocycles. The molecule has 1 aromatic rings. The molecule has 436 valence electrons. The Hall–Kier alpha value is -3.86. The first-order valence-electron chi connectivity index (χ1n) is 27.8. The van der Waals surface area contributed by atoms with E-state index in [1.807, 2.05) is 71.7 Å². The third kappa shape index (κ3) is 18.6. The molecule has 4 rings (SSSR count). The van der Waals surface area contributed by atoms with E-state index in [-0.39, 0.29) is 44.6 Å². The van der Waals surface area contributed by atoms with E-state index in [9.17, 15) is 29.4 Å². The number of esters is 4. The molecule has 9 unspecified atom stereocenters. The van der Waals surface area contributed by atoms with Crippen molar-refractivity contribution in [3.8, 4) is 0 Å². The zero-order valence-electron chi connectivity index (χ0n) is 48.4. The van der Waals surface area contributed by atoms with Crippen LogP contribution in [0.3, 0.4) is 0 Å². The Morgan fingerprint density at radius 2 is 1.51 bits per heavy atom. The number of carbonyl (C=O) groups excluding carboxylic acids is 4. The Morgan fingerprint density at radius 3 is 2.09 bits per heavy atom. The number of rotatable bonds is 22. The quantitative estimate of drug-likeness (QED) is 0.0639. The summed E-state index contributed by atoms with van der Waals surface area (Å²) in [5, 5.41) is 23.1. The zero-order valence-corrected chi connectivity index (χ0v) is 49.4. The van der Waals surface area contributed by atoms with E-state index < -0.39 is 136 Å². The standard InChI is InChI=1S/C58H93NO17Si/c1-15-46(62)72-45-35-48(64)68-39(7)27-22-20-25-31-44(76-77(17-3,18-4)19-5)38(6)36-58(32-33-60,67-34-26-30-43-28-23-21-24-29-43)55(52(45)66-14)75-56-53(71-42(10)61)50(59(12)13)51(40(8)70-56)74-49-37-57(11,65)54(41(9)69-49)73-47(63)16-2/h20-26,28-31,38-41,44-45,49-56,60,65H,15-19,27,32-37H2,1-14H3/t38-,39-,40?,41?,44+,45-,49?,50?,51?,52+,53?,54?,55-,56?,57?,58-/m1/s1. The van der Waals surface area contributed by atoms with Crippen LogP contribution in [0.4, 0.5) is 0 Å². The number of allylic oxidation sites excluding steroid dienone is 2. The van der Waals surface area contributed by atoms with Crippen LogP contribution in [0.1, 0.15) is 127 Å². The summed E-state index contributed by atoms with van der Waals surface area (Å²) in [6.45, 7) is 19.5. The van der Waals surface area contributed by atoms with E-state index in [2.05, 4.69) is 27.7 Å². The smallest absolute Gasteiger partial charge is 0.309 e. The first-order valence-corrected chi connectivity index (χ1v) is 30.3. The molecular formula is C58H93NO17Si. The SMILES string of the molecule is CCC(=O)OC1C(C)OC(OC2C(C)OC(O[C@@H]3[C@@H](OC)[C@H](OC(=O)CC)CC(=O)O[C@H](C)CC=CC=C[C@H](O[Si](CC)(CC)CC)[C@H](C)C[C@@]3(CCO)OCC=Cc3ccccc3)C(OC(C)=O)C2N(C)C)CC1(C)O. The highest BCUT2D eigenvalue weighted by Gasteiger charge is 2.57. The molecule has 0 radical (unpaired) electrons. The second kappa shape index (κ2) is 31.2. The Labute approximate surface area is 459 Å². The predicted octanol–water partition coefficient (Wildman–Crippen LogP) is 8.01. The molecule has 2 N–H and O–H groups in total. The molecule has 0 amide bonds. The first-order chi connectivity index (χ1) is 36.5. The van der Waals surface area contributed by atoms with Gasteiger partial charge in [-0.05, 0) is 77.8 Å². The van der Waals surface area contributed by atoms with Crippen LogP contribution in [0.2, 0.25) is 18.1 Å². The highest BCUT2D eigenvalue weighted by molar-refractivity contribution is 6.73. The molecule has 1 aromatic carbocycles. The Kier molecular flexibility index (Phi) is 26.6. The molecule has 0 saturated carbocycles. The van der Waals surface area contributed by atoms with Gasteiger partial charge in [0.05, 0.1) is 37.4 Å². The number of methoxy groups -OCH3 is 1. The van der Waals surface area contributed by atoms with Crippen LogP contribution < -0.4 is 0 Å². The number of aliphatic hydroxyl groups excluding tert-OH is 1. The highest BCUT2D eigenvalue weighted by atomic mass is 28.4. The van der Waals surface area contributed by atoms with Crippen molar-refractivity contribution in [2.45, 2.75) is 230 Å². The maximum absolute atomic E-state index is 14.1. The van der Waals surface area contributed by atoms with Crippen molar-refractivity contribution in [3.63, 3.8) is 0 Å². The number of hydrogen-bond acceptors (Lipinski definition) is 18. The number of aliphatic hydroxyl groups is 2. The fourth-order valence-corrected chi connectivity index (χ4v) is 13.7. The third-order valence-electron chi connectivity index (χ3n) is 15.2. The minimum atomic E-state index is -2.30. The lowest BCUT2D eigenvalue weighted by Gasteiger charge is -2.52. The summed E-state index contributed by atoms with van der Waals surface area (Å²) in [5.74, 6) is -2.78. The molecule has 16 atom stereocenters. The van der Waals surface area contributed by atoms with E-state index in [0.717, 1.165) is 23.7 Å². The highest BCUT2D eigenvalue weighted by Crippen LogP contribution is 2.42. The van der Waals surface area contributed by atoms with Gasteiger partial charge in [0.2, 0.25) is 0 Å². The lowest BCUT2D eigenvalue weighted by Crippen LogP contribution is -2.68. The number of carbonyl (C=O) groups is 4. The summed E-state index contributed by atoms with van der Waals surface area (Å²) in [6.07, 6.45) is -0.641. The summed E-state index contributed by atoms with van der Waals surface area (Å²) in [5.41, 5.74) is -2.20. The Bertz CT molecular complexity index is 2060. The predicted molar refractivity (Wildman–Crippen MR) is 293 cm³/mol. The van der Waals surface area contributed by atoms with Crippen LogP contribution in [-0.2, 0) is 71.0 Å². The summed E-state index contributed by atoms with van der Waals surface area (Å²) in [6, 6.07) is 11.5. The summed E-state index contributed by atoms with van der Waals surface area (Å²) >= 11 is 0. The monoisotopic (exact) mass is 1100 g/mol. The minimum Gasteiger partial charge on any atom is -0.462 e. The fraction of sp³-hybridized carbons (Fsp3) is 0.724. The molecule has 0 spiro atoms. The lowest BCUT2D eigenvalue weighted by molar-refractivity contribution is -0.353. The van der Waals surface area contributed by atoms with Crippen molar-refractivity contribution >= 4 is 38.3 Å². The van der Waals surface area contributed by atoms with Crippen LogP contribution >= 0.6 is 0 Å². The van der Waals surface area contributed by atoms with Crippen molar-refractivity contribution < 1.29 is 81.2 Å². The van der Waals surface area contributed by atoms with Crippen molar-refractivity contribution in [2.24, 2.45) is 5.92 Å². The van der Waals surface area contributed by atoms with Crippen molar-refractivity contribution in [1.82, 2.24) is 4.90 Å². The van der Waals surface area contributed by atoms with Crippen LogP contribution in [-0.4, -0.2) is 173 Å². The maximum atomic E-state index is 14.1. The number of nitrogens with zero attached hydrogens (tertiary/aromatic N) is 1. The van der Waals surface area contributed by atoms with Gasteiger partial charge in [0.25, 0.3) is 0 Å². The van der Waals surface area contributed by atoms with Crippen molar-refractivity contribution in [2.75, 3.05) is 34.4 Å². The van der Waals surface area contributed by atoms with Gasteiger partial charge in [-0.2, -0.15) is 0 Å². The normalized spacial score (nSPS) is 33.9. The summed E-state index contributed by atoms with van der Waals surface area (Å²) in [4.78, 5) is 55.2. The number of benzene rings is 1. The number of likely N-dealkylation sites (N-methyl/N-ethyl adjacent to an activating group) is 1. The van der Waals surface area contributed by atoms with Gasteiger partial charge in [0.1, 0.15) is 41.7 Å². The molecule has 18 nitrogen and oxygen atoms in total.